The van der Waals surface area contributed by atoms with Gasteiger partial charge in [-0.2, -0.15) is 4.68 Å². The average molecular weight is 369 g/mol. The minimum atomic E-state index is -0.784. The number of hydrogen-bond acceptors (Lipinski definition) is 7. The Bertz CT molecular complexity index is 1020. The lowest BCUT2D eigenvalue weighted by atomic mass is 10.1. The van der Waals surface area contributed by atoms with Crippen LogP contribution in [0, 0.1) is 10.1 Å². The van der Waals surface area contributed by atoms with Gasteiger partial charge in [0.15, 0.2) is 0 Å². The second-order valence-electron chi connectivity index (χ2n) is 5.68. The number of nitro benzene ring substituents is 1. The molecule has 0 radical (unpaired) electrons. The highest BCUT2D eigenvalue weighted by atomic mass is 16.6. The number of nitrogens with zero attached hydrogens (tertiary/aromatic N) is 3. The standard InChI is InChI=1S/C18H15N3O6/c1-12(14-8-5-9-15(10-14)21(24)25)26-16(22)11-20-18(23)27-17(19-20)13-6-3-2-4-7-13/h2-10,12H,11H2,1H3/t12-/m1/s1. The summed E-state index contributed by atoms with van der Waals surface area (Å²) in [6, 6.07) is 14.6. The van der Waals surface area contributed by atoms with Crippen LogP contribution in [0.4, 0.5) is 5.69 Å². The average Bonchev–Trinajstić information content (AvgIpc) is 3.03. The fraction of sp³-hybridized carbons (Fsp3) is 0.167. The predicted octanol–water partition coefficient (Wildman–Crippen LogP) is 2.72. The first-order chi connectivity index (χ1) is 12.9. The van der Waals surface area contributed by atoms with E-state index in [0.29, 0.717) is 11.1 Å². The number of non-ortho nitro benzene ring substituents is 1. The largest absolute Gasteiger partial charge is 0.456 e. The van der Waals surface area contributed by atoms with Crippen LogP contribution in [0.3, 0.4) is 0 Å². The van der Waals surface area contributed by atoms with E-state index >= 15 is 0 Å². The van der Waals surface area contributed by atoms with E-state index in [1.807, 2.05) is 6.07 Å². The monoisotopic (exact) mass is 369 g/mol. The van der Waals surface area contributed by atoms with Crippen LogP contribution < -0.4 is 5.76 Å². The molecule has 0 spiro atoms. The maximum atomic E-state index is 12.1. The third kappa shape index (κ3) is 4.27. The Hall–Kier alpha value is -3.75. The summed E-state index contributed by atoms with van der Waals surface area (Å²) >= 11 is 0. The van der Waals surface area contributed by atoms with E-state index < -0.39 is 29.3 Å². The Morgan fingerprint density at radius 3 is 2.70 bits per heavy atom. The van der Waals surface area contributed by atoms with E-state index in [1.165, 1.54) is 18.2 Å². The van der Waals surface area contributed by atoms with Crippen LogP contribution in [0.2, 0.25) is 0 Å². The molecule has 0 saturated carbocycles. The van der Waals surface area contributed by atoms with Gasteiger partial charge in [-0.25, -0.2) is 4.79 Å². The molecule has 2 aromatic carbocycles. The van der Waals surface area contributed by atoms with Crippen molar-refractivity contribution in [1.29, 1.82) is 0 Å². The summed E-state index contributed by atoms with van der Waals surface area (Å²) in [5.41, 5.74) is 0.970. The van der Waals surface area contributed by atoms with Crippen molar-refractivity contribution in [1.82, 2.24) is 9.78 Å². The molecule has 0 fully saturated rings. The van der Waals surface area contributed by atoms with Crippen LogP contribution >= 0.6 is 0 Å². The number of benzene rings is 2. The lowest BCUT2D eigenvalue weighted by Gasteiger charge is -2.13. The SMILES string of the molecule is C[C@@H](OC(=O)Cn1nc(-c2ccccc2)oc1=O)c1cccc([N+](=O)[O-])c1. The van der Waals surface area contributed by atoms with Gasteiger partial charge >= 0.3 is 11.7 Å². The number of aromatic nitrogens is 2. The number of carbonyl (C=O) groups excluding carboxylic acids is 1. The zero-order valence-electron chi connectivity index (χ0n) is 14.3. The van der Waals surface area contributed by atoms with Crippen LogP contribution in [0.25, 0.3) is 11.5 Å². The fourth-order valence-electron chi connectivity index (χ4n) is 2.42. The summed E-state index contributed by atoms with van der Waals surface area (Å²) in [6.45, 7) is 1.15. The van der Waals surface area contributed by atoms with Crippen molar-refractivity contribution in [2.24, 2.45) is 0 Å². The molecule has 0 amide bonds. The highest BCUT2D eigenvalue weighted by Gasteiger charge is 2.18. The molecule has 0 unspecified atom stereocenters. The molecule has 3 aromatic rings. The number of hydrogen-bond donors (Lipinski definition) is 0. The Morgan fingerprint density at radius 2 is 2.00 bits per heavy atom. The maximum Gasteiger partial charge on any atom is 0.437 e. The highest BCUT2D eigenvalue weighted by molar-refractivity contribution is 5.69. The molecule has 0 aliphatic rings. The molecule has 0 aliphatic heterocycles. The molecule has 9 nitrogen and oxygen atoms in total. The molecular formula is C18H15N3O6. The Morgan fingerprint density at radius 1 is 1.26 bits per heavy atom. The van der Waals surface area contributed by atoms with Crippen LogP contribution in [-0.2, 0) is 16.1 Å². The molecule has 0 N–H and O–H groups in total. The molecular weight excluding hydrogens is 354 g/mol. The maximum absolute atomic E-state index is 12.1. The minimum Gasteiger partial charge on any atom is -0.456 e. The predicted molar refractivity (Wildman–Crippen MR) is 93.8 cm³/mol. The van der Waals surface area contributed by atoms with Crippen molar-refractivity contribution >= 4 is 11.7 Å². The van der Waals surface area contributed by atoms with Crippen molar-refractivity contribution in [3.63, 3.8) is 0 Å². The van der Waals surface area contributed by atoms with E-state index in [1.54, 1.807) is 37.3 Å². The van der Waals surface area contributed by atoms with Gasteiger partial charge < -0.3 is 9.15 Å². The molecule has 0 bridgehead atoms. The van der Waals surface area contributed by atoms with Crippen LogP contribution in [0.15, 0.2) is 63.8 Å². The van der Waals surface area contributed by atoms with Gasteiger partial charge in [0.25, 0.3) is 5.69 Å². The molecule has 1 atom stereocenters. The van der Waals surface area contributed by atoms with E-state index in [2.05, 4.69) is 5.10 Å². The molecule has 0 saturated heterocycles. The van der Waals surface area contributed by atoms with Gasteiger partial charge in [0.05, 0.1) is 4.92 Å². The molecule has 3 rings (SSSR count). The van der Waals surface area contributed by atoms with Crippen molar-refractivity contribution < 1.29 is 18.9 Å². The van der Waals surface area contributed by atoms with Crippen LogP contribution in [-0.4, -0.2) is 20.7 Å². The lowest BCUT2D eigenvalue weighted by molar-refractivity contribution is -0.385. The quantitative estimate of drug-likeness (QED) is 0.372. The molecule has 1 aromatic heterocycles. The number of carbonyl (C=O) groups is 1. The van der Waals surface area contributed by atoms with Gasteiger partial charge in [0.1, 0.15) is 12.6 Å². The zero-order valence-corrected chi connectivity index (χ0v) is 14.3. The normalized spacial score (nSPS) is 11.7. The smallest absolute Gasteiger partial charge is 0.437 e. The van der Waals surface area contributed by atoms with Crippen LogP contribution in [0.1, 0.15) is 18.6 Å². The van der Waals surface area contributed by atoms with Gasteiger partial charge in [-0.05, 0) is 24.6 Å². The molecule has 27 heavy (non-hydrogen) atoms. The Balaban J connectivity index is 1.69. The summed E-state index contributed by atoms with van der Waals surface area (Å²) in [5, 5.41) is 14.8. The molecule has 138 valence electrons. The first-order valence-electron chi connectivity index (χ1n) is 8.01. The van der Waals surface area contributed by atoms with Crippen LogP contribution in [0.5, 0.6) is 0 Å². The molecule has 1 heterocycles. The number of ether oxygens (including phenoxy) is 1. The van der Waals surface area contributed by atoms with E-state index in [0.717, 1.165) is 4.68 Å². The van der Waals surface area contributed by atoms with Crippen molar-refractivity contribution in [2.75, 3.05) is 0 Å². The van der Waals surface area contributed by atoms with Gasteiger partial charge in [-0.3, -0.25) is 14.9 Å². The second kappa shape index (κ2) is 7.65. The third-order valence-corrected chi connectivity index (χ3v) is 3.76. The lowest BCUT2D eigenvalue weighted by Crippen LogP contribution is -2.23. The highest BCUT2D eigenvalue weighted by Crippen LogP contribution is 2.22. The second-order valence-corrected chi connectivity index (χ2v) is 5.68. The van der Waals surface area contributed by atoms with Crippen molar-refractivity contribution in [3.8, 4) is 11.5 Å². The number of nitro groups is 1. The van der Waals surface area contributed by atoms with Gasteiger partial charge in [0, 0.05) is 17.7 Å². The van der Waals surface area contributed by atoms with Crippen molar-refractivity contribution in [2.45, 2.75) is 19.6 Å². The summed E-state index contributed by atoms with van der Waals surface area (Å²) in [6.07, 6.45) is -0.728. The Labute approximate surface area is 153 Å². The number of rotatable bonds is 6. The molecule has 0 aliphatic carbocycles. The van der Waals surface area contributed by atoms with Crippen molar-refractivity contribution in [3.05, 3.63) is 80.8 Å². The first-order valence-corrected chi connectivity index (χ1v) is 8.01. The summed E-state index contributed by atoms with van der Waals surface area (Å²) in [7, 11) is 0. The van der Waals surface area contributed by atoms with Gasteiger partial charge in [-0.1, -0.05) is 30.3 Å². The van der Waals surface area contributed by atoms with Gasteiger partial charge in [-0.15, -0.1) is 5.10 Å². The first kappa shape index (κ1) is 18.1. The minimum absolute atomic E-state index is 0.0973. The Kier molecular flexibility index (Phi) is 5.11. The summed E-state index contributed by atoms with van der Waals surface area (Å²) in [4.78, 5) is 34.3. The fourth-order valence-corrected chi connectivity index (χ4v) is 2.42. The topological polar surface area (TPSA) is 117 Å². The summed E-state index contributed by atoms with van der Waals surface area (Å²) < 4.78 is 11.2. The van der Waals surface area contributed by atoms with Gasteiger partial charge in [0.2, 0.25) is 5.89 Å². The van der Waals surface area contributed by atoms with E-state index in [-0.39, 0.29) is 11.6 Å². The third-order valence-electron chi connectivity index (χ3n) is 3.76. The zero-order chi connectivity index (χ0) is 19.4. The molecule has 9 heteroatoms. The summed E-state index contributed by atoms with van der Waals surface area (Å²) in [5.74, 6) is -1.40. The van der Waals surface area contributed by atoms with E-state index in [9.17, 15) is 19.7 Å². The van der Waals surface area contributed by atoms with E-state index in [4.69, 9.17) is 9.15 Å². The number of esters is 1.